The molecule has 0 atom stereocenters. The van der Waals surface area contributed by atoms with Crippen molar-refractivity contribution in [2.24, 2.45) is 0 Å². The van der Waals surface area contributed by atoms with Crippen molar-refractivity contribution in [3.05, 3.63) is 23.4 Å². The van der Waals surface area contributed by atoms with Crippen LogP contribution in [-0.4, -0.2) is 22.5 Å². The Morgan fingerprint density at radius 1 is 1.27 bits per heavy atom. The van der Waals surface area contributed by atoms with Crippen molar-refractivity contribution < 1.29 is 4.74 Å². The van der Waals surface area contributed by atoms with E-state index in [9.17, 15) is 0 Å². The van der Waals surface area contributed by atoms with Crippen LogP contribution in [0.3, 0.4) is 0 Å². The summed E-state index contributed by atoms with van der Waals surface area (Å²) in [6, 6.07) is 4.05. The zero-order valence-corrected chi connectivity index (χ0v) is 9.87. The molecule has 0 saturated carbocycles. The van der Waals surface area contributed by atoms with Gasteiger partial charge in [0.15, 0.2) is 0 Å². The molecule has 0 fully saturated rings. The third kappa shape index (κ3) is 1.97. The lowest BCUT2D eigenvalue weighted by Gasteiger charge is -2.30. The Bertz CT molecular complexity index is 368. The number of methoxy groups -OCH3 is 1. The van der Waals surface area contributed by atoms with Crippen LogP contribution in [-0.2, 0) is 13.1 Å². The normalized spacial score (nSPS) is 16.5. The molecule has 0 saturated heterocycles. The second-order valence-corrected chi connectivity index (χ2v) is 4.99. The maximum absolute atomic E-state index is 5.13. The molecule has 1 aliphatic heterocycles. The summed E-state index contributed by atoms with van der Waals surface area (Å²) in [4.78, 5) is 6.89. The molecule has 3 nitrogen and oxygen atoms in total. The van der Waals surface area contributed by atoms with E-state index >= 15 is 0 Å². The van der Waals surface area contributed by atoms with Gasteiger partial charge in [-0.15, -0.1) is 0 Å². The second-order valence-electron chi connectivity index (χ2n) is 4.99. The topological polar surface area (TPSA) is 25.4 Å². The Labute approximate surface area is 91.1 Å². The van der Waals surface area contributed by atoms with E-state index in [1.807, 2.05) is 6.07 Å². The van der Waals surface area contributed by atoms with E-state index in [-0.39, 0.29) is 5.54 Å². The minimum Gasteiger partial charge on any atom is -0.481 e. The maximum Gasteiger partial charge on any atom is 0.213 e. The molecule has 0 N–H and O–H groups in total. The molecule has 1 aromatic rings. The first-order valence-electron chi connectivity index (χ1n) is 5.28. The van der Waals surface area contributed by atoms with Crippen molar-refractivity contribution in [2.45, 2.75) is 39.4 Å². The van der Waals surface area contributed by atoms with Crippen LogP contribution >= 0.6 is 0 Å². The third-order valence-electron chi connectivity index (χ3n) is 2.90. The van der Waals surface area contributed by atoms with Gasteiger partial charge in [-0.2, -0.15) is 0 Å². The number of hydrogen-bond donors (Lipinski definition) is 0. The Morgan fingerprint density at radius 3 is 2.60 bits per heavy atom. The highest BCUT2D eigenvalue weighted by atomic mass is 16.5. The largest absolute Gasteiger partial charge is 0.481 e. The predicted molar refractivity (Wildman–Crippen MR) is 59.8 cm³/mol. The number of hydrogen-bond acceptors (Lipinski definition) is 3. The van der Waals surface area contributed by atoms with E-state index in [2.05, 4.69) is 36.7 Å². The van der Waals surface area contributed by atoms with Crippen molar-refractivity contribution in [3.63, 3.8) is 0 Å². The van der Waals surface area contributed by atoms with Gasteiger partial charge >= 0.3 is 0 Å². The van der Waals surface area contributed by atoms with E-state index in [0.717, 1.165) is 18.8 Å². The van der Waals surface area contributed by atoms with Gasteiger partial charge in [-0.1, -0.05) is 6.07 Å². The molecule has 0 amide bonds. The standard InChI is InChI=1S/C12H18N2O/c1-12(2,3)14-7-9-5-6-11(15-4)13-10(9)8-14/h5-6H,7-8H2,1-4H3. The average molecular weight is 206 g/mol. The summed E-state index contributed by atoms with van der Waals surface area (Å²) in [5.41, 5.74) is 2.68. The maximum atomic E-state index is 5.13. The average Bonchev–Trinajstić information content (AvgIpc) is 2.59. The lowest BCUT2D eigenvalue weighted by Crippen LogP contribution is -2.36. The van der Waals surface area contributed by atoms with E-state index in [0.29, 0.717) is 5.88 Å². The van der Waals surface area contributed by atoms with Crippen LogP contribution in [0.15, 0.2) is 12.1 Å². The molecule has 0 aliphatic carbocycles. The molecule has 2 rings (SSSR count). The molecule has 0 unspecified atom stereocenters. The number of ether oxygens (including phenoxy) is 1. The van der Waals surface area contributed by atoms with Crippen molar-refractivity contribution in [1.29, 1.82) is 0 Å². The van der Waals surface area contributed by atoms with Crippen molar-refractivity contribution in [3.8, 4) is 5.88 Å². The first-order valence-corrected chi connectivity index (χ1v) is 5.28. The minimum absolute atomic E-state index is 0.202. The highest BCUT2D eigenvalue weighted by Gasteiger charge is 2.28. The smallest absolute Gasteiger partial charge is 0.213 e. The summed E-state index contributed by atoms with van der Waals surface area (Å²) >= 11 is 0. The van der Waals surface area contributed by atoms with Crippen molar-refractivity contribution in [1.82, 2.24) is 9.88 Å². The highest BCUT2D eigenvalue weighted by Crippen LogP contribution is 2.28. The molecular formula is C12H18N2O. The number of fused-ring (bicyclic) bond motifs is 1. The van der Waals surface area contributed by atoms with E-state index < -0.39 is 0 Å². The summed E-state index contributed by atoms with van der Waals surface area (Å²) in [5, 5.41) is 0. The van der Waals surface area contributed by atoms with Gasteiger partial charge in [0.2, 0.25) is 5.88 Å². The number of rotatable bonds is 1. The first kappa shape index (κ1) is 10.4. The molecule has 1 aromatic heterocycles. The van der Waals surface area contributed by atoms with Gasteiger partial charge in [0.25, 0.3) is 0 Å². The van der Waals surface area contributed by atoms with Crippen LogP contribution in [0.5, 0.6) is 5.88 Å². The zero-order valence-electron chi connectivity index (χ0n) is 9.87. The summed E-state index contributed by atoms with van der Waals surface area (Å²) in [7, 11) is 1.66. The zero-order chi connectivity index (χ0) is 11.1. The summed E-state index contributed by atoms with van der Waals surface area (Å²) in [5.74, 6) is 0.713. The highest BCUT2D eigenvalue weighted by molar-refractivity contribution is 5.29. The SMILES string of the molecule is COc1ccc2c(n1)CN(C(C)(C)C)C2. The lowest BCUT2D eigenvalue weighted by molar-refractivity contribution is 0.135. The van der Waals surface area contributed by atoms with Crippen LogP contribution < -0.4 is 4.74 Å². The van der Waals surface area contributed by atoms with Crippen LogP contribution in [0, 0.1) is 0 Å². The van der Waals surface area contributed by atoms with Gasteiger partial charge in [0.05, 0.1) is 12.8 Å². The van der Waals surface area contributed by atoms with E-state index in [1.165, 1.54) is 5.56 Å². The molecule has 3 heteroatoms. The van der Waals surface area contributed by atoms with Crippen LogP contribution in [0.2, 0.25) is 0 Å². The summed E-state index contributed by atoms with van der Waals surface area (Å²) in [6.07, 6.45) is 0. The molecule has 0 radical (unpaired) electrons. The van der Waals surface area contributed by atoms with Crippen LogP contribution in [0.1, 0.15) is 32.0 Å². The monoisotopic (exact) mass is 206 g/mol. The van der Waals surface area contributed by atoms with Gasteiger partial charge in [-0.25, -0.2) is 4.98 Å². The Hall–Kier alpha value is -1.09. The fourth-order valence-corrected chi connectivity index (χ4v) is 1.82. The number of aromatic nitrogens is 1. The predicted octanol–water partition coefficient (Wildman–Crippen LogP) is 2.20. The first-order chi connectivity index (χ1) is 7.00. The molecule has 82 valence electrons. The molecule has 1 aliphatic rings. The second kappa shape index (κ2) is 3.49. The quantitative estimate of drug-likeness (QED) is 0.704. The van der Waals surface area contributed by atoms with Crippen LogP contribution in [0.25, 0.3) is 0 Å². The van der Waals surface area contributed by atoms with Crippen molar-refractivity contribution in [2.75, 3.05) is 7.11 Å². The van der Waals surface area contributed by atoms with E-state index in [1.54, 1.807) is 7.11 Å². The van der Waals surface area contributed by atoms with Gasteiger partial charge in [-0.3, -0.25) is 4.90 Å². The van der Waals surface area contributed by atoms with Crippen LogP contribution in [0.4, 0.5) is 0 Å². The third-order valence-corrected chi connectivity index (χ3v) is 2.90. The Morgan fingerprint density at radius 2 is 2.00 bits per heavy atom. The van der Waals surface area contributed by atoms with Gasteiger partial charge in [-0.05, 0) is 26.3 Å². The van der Waals surface area contributed by atoms with Gasteiger partial charge < -0.3 is 4.74 Å². The fourth-order valence-electron chi connectivity index (χ4n) is 1.82. The molecule has 15 heavy (non-hydrogen) atoms. The fraction of sp³-hybridized carbons (Fsp3) is 0.583. The van der Waals surface area contributed by atoms with Gasteiger partial charge in [0.1, 0.15) is 0 Å². The lowest BCUT2D eigenvalue weighted by atomic mass is 10.1. The van der Waals surface area contributed by atoms with Gasteiger partial charge in [0, 0.05) is 24.7 Å². The molecule has 2 heterocycles. The number of nitrogens with zero attached hydrogens (tertiary/aromatic N) is 2. The van der Waals surface area contributed by atoms with Crippen molar-refractivity contribution >= 4 is 0 Å². The summed E-state index contributed by atoms with van der Waals surface area (Å²) < 4.78 is 5.13. The van der Waals surface area contributed by atoms with E-state index in [4.69, 9.17) is 4.74 Å². The molecule has 0 aromatic carbocycles. The molecular weight excluding hydrogens is 188 g/mol. The summed E-state index contributed by atoms with van der Waals surface area (Å²) in [6.45, 7) is 8.62. The Balaban J connectivity index is 2.24. The molecule has 0 bridgehead atoms. The Kier molecular flexibility index (Phi) is 2.43. The number of pyridine rings is 1. The molecule has 0 spiro atoms. The minimum atomic E-state index is 0.202.